The van der Waals surface area contributed by atoms with Gasteiger partial charge in [-0.25, -0.2) is 5.01 Å². The third kappa shape index (κ3) is 1.32. The summed E-state index contributed by atoms with van der Waals surface area (Å²) in [5.41, 5.74) is 4.82. The number of guanidine groups is 1. The lowest BCUT2D eigenvalue weighted by Gasteiger charge is -2.17. The fourth-order valence-corrected chi connectivity index (χ4v) is 0.869. The van der Waals surface area contributed by atoms with Crippen molar-refractivity contribution in [1.29, 1.82) is 5.41 Å². The number of β-amino-alcohol motifs (C(OH)–C–C–N with tert-alkyl or cyclic N) is 1. The van der Waals surface area contributed by atoms with Crippen molar-refractivity contribution in [3.05, 3.63) is 0 Å². The molecule has 1 heterocycles. The molecule has 0 saturated carbocycles. The molecular formula is C6H12N4O. The molecule has 11 heavy (non-hydrogen) atoms. The molecule has 5 heteroatoms. The van der Waals surface area contributed by atoms with Crippen molar-refractivity contribution >= 4 is 11.7 Å². The van der Waals surface area contributed by atoms with Gasteiger partial charge < -0.3 is 10.8 Å². The minimum absolute atomic E-state index is 0.137. The van der Waals surface area contributed by atoms with Crippen LogP contribution in [0.25, 0.3) is 0 Å². The first-order valence-corrected chi connectivity index (χ1v) is 3.33. The van der Waals surface area contributed by atoms with E-state index in [-0.39, 0.29) is 12.5 Å². The van der Waals surface area contributed by atoms with Gasteiger partial charge in [-0.1, -0.05) is 0 Å². The Bertz CT molecular complexity index is 221. The lowest BCUT2D eigenvalue weighted by molar-refractivity contribution is 0.123. The highest BCUT2D eigenvalue weighted by Gasteiger charge is 2.34. The average molecular weight is 156 g/mol. The second-order valence-corrected chi connectivity index (χ2v) is 2.90. The number of hydrogen-bond donors (Lipinski definition) is 3. The van der Waals surface area contributed by atoms with Crippen LogP contribution in [-0.2, 0) is 0 Å². The van der Waals surface area contributed by atoms with Crippen LogP contribution in [0.15, 0.2) is 5.10 Å². The average Bonchev–Trinajstić information content (AvgIpc) is 2.08. The number of hydrogen-bond acceptors (Lipinski definition) is 3. The van der Waals surface area contributed by atoms with Crippen LogP contribution in [0.3, 0.4) is 0 Å². The molecule has 0 bridgehead atoms. The first-order valence-electron chi connectivity index (χ1n) is 3.33. The summed E-state index contributed by atoms with van der Waals surface area (Å²) in [5, 5.41) is 21.8. The Morgan fingerprint density at radius 2 is 2.45 bits per heavy atom. The van der Waals surface area contributed by atoms with Gasteiger partial charge in [-0.15, -0.1) is 0 Å². The molecule has 1 aliphatic heterocycles. The smallest absolute Gasteiger partial charge is 0.209 e. The molecule has 0 aromatic rings. The van der Waals surface area contributed by atoms with E-state index in [0.29, 0.717) is 5.71 Å². The molecule has 0 spiro atoms. The zero-order valence-corrected chi connectivity index (χ0v) is 6.63. The summed E-state index contributed by atoms with van der Waals surface area (Å²) in [4.78, 5) is 0. The van der Waals surface area contributed by atoms with Gasteiger partial charge >= 0.3 is 0 Å². The Kier molecular flexibility index (Phi) is 1.60. The largest absolute Gasteiger partial charge is 0.382 e. The zero-order chi connectivity index (χ0) is 8.65. The third-order valence-corrected chi connectivity index (χ3v) is 1.79. The predicted molar refractivity (Wildman–Crippen MR) is 42.4 cm³/mol. The van der Waals surface area contributed by atoms with Crippen LogP contribution < -0.4 is 5.73 Å². The van der Waals surface area contributed by atoms with E-state index in [2.05, 4.69) is 5.10 Å². The van der Waals surface area contributed by atoms with Crippen LogP contribution >= 0.6 is 0 Å². The highest BCUT2D eigenvalue weighted by Crippen LogP contribution is 2.16. The van der Waals surface area contributed by atoms with Gasteiger partial charge in [0.05, 0.1) is 12.3 Å². The summed E-state index contributed by atoms with van der Waals surface area (Å²) in [6.07, 6.45) is 0. The number of nitrogens with one attached hydrogen (secondary N) is 1. The van der Waals surface area contributed by atoms with Crippen molar-refractivity contribution in [3.63, 3.8) is 0 Å². The summed E-state index contributed by atoms with van der Waals surface area (Å²) < 4.78 is 0. The predicted octanol–water partition coefficient (Wildman–Crippen LogP) is -0.678. The summed E-state index contributed by atoms with van der Waals surface area (Å²) in [6.45, 7) is 3.63. The van der Waals surface area contributed by atoms with Crippen LogP contribution in [-0.4, -0.2) is 33.9 Å². The molecule has 0 saturated heterocycles. The van der Waals surface area contributed by atoms with E-state index in [1.54, 1.807) is 13.8 Å². The minimum atomic E-state index is -0.939. The van der Waals surface area contributed by atoms with Crippen LogP contribution in [0.5, 0.6) is 0 Å². The number of nitrogens with zero attached hydrogens (tertiary/aromatic N) is 2. The van der Waals surface area contributed by atoms with E-state index in [0.717, 1.165) is 0 Å². The van der Waals surface area contributed by atoms with E-state index in [1.165, 1.54) is 5.01 Å². The van der Waals surface area contributed by atoms with E-state index < -0.39 is 5.60 Å². The summed E-state index contributed by atoms with van der Waals surface area (Å²) in [6, 6.07) is 0. The molecule has 0 fully saturated rings. The fourth-order valence-electron chi connectivity index (χ4n) is 0.869. The maximum Gasteiger partial charge on any atom is 0.209 e. The van der Waals surface area contributed by atoms with Gasteiger partial charge in [0.2, 0.25) is 5.96 Å². The van der Waals surface area contributed by atoms with Crippen LogP contribution in [0, 0.1) is 5.41 Å². The van der Waals surface area contributed by atoms with Gasteiger partial charge in [-0.05, 0) is 13.8 Å². The molecule has 1 atom stereocenters. The van der Waals surface area contributed by atoms with E-state index >= 15 is 0 Å². The maximum absolute atomic E-state index is 9.56. The second-order valence-electron chi connectivity index (χ2n) is 2.90. The summed E-state index contributed by atoms with van der Waals surface area (Å²) >= 11 is 0. The van der Waals surface area contributed by atoms with Gasteiger partial charge in [0, 0.05) is 0 Å². The lowest BCUT2D eigenvalue weighted by atomic mass is 10.0. The standard InChI is InChI=1S/C6H12N4O/c1-4-6(2,11)3-10(9-4)5(7)8/h11H,3H2,1-2H3,(H3,7,8). The molecule has 62 valence electrons. The van der Waals surface area contributed by atoms with Crippen molar-refractivity contribution in [2.24, 2.45) is 10.8 Å². The molecule has 1 rings (SSSR count). The normalized spacial score (nSPS) is 30.5. The SMILES string of the molecule is CC1=NN(C(=N)N)CC1(C)O. The van der Waals surface area contributed by atoms with Crippen molar-refractivity contribution in [2.45, 2.75) is 19.4 Å². The molecule has 0 aromatic carbocycles. The van der Waals surface area contributed by atoms with Gasteiger partial charge in [0.15, 0.2) is 0 Å². The molecular weight excluding hydrogens is 144 g/mol. The number of nitrogens with two attached hydrogens (primary N) is 1. The Morgan fingerprint density at radius 3 is 2.64 bits per heavy atom. The molecule has 1 aliphatic rings. The molecule has 4 N–H and O–H groups in total. The van der Waals surface area contributed by atoms with Gasteiger partial charge in [0.25, 0.3) is 0 Å². The highest BCUT2D eigenvalue weighted by molar-refractivity contribution is 5.93. The van der Waals surface area contributed by atoms with Crippen molar-refractivity contribution < 1.29 is 5.11 Å². The van der Waals surface area contributed by atoms with Gasteiger partial charge in [-0.3, -0.25) is 5.41 Å². The molecule has 0 aromatic heterocycles. The van der Waals surface area contributed by atoms with E-state index in [4.69, 9.17) is 11.1 Å². The first kappa shape index (κ1) is 8.00. The van der Waals surface area contributed by atoms with Crippen molar-refractivity contribution in [1.82, 2.24) is 5.01 Å². The van der Waals surface area contributed by atoms with Gasteiger partial charge in [-0.2, -0.15) is 5.10 Å². The van der Waals surface area contributed by atoms with E-state index in [9.17, 15) is 5.11 Å². The fraction of sp³-hybridized carbons (Fsp3) is 0.667. The van der Waals surface area contributed by atoms with Gasteiger partial charge in [0.1, 0.15) is 5.60 Å². The van der Waals surface area contributed by atoms with Crippen molar-refractivity contribution in [3.8, 4) is 0 Å². The molecule has 1 unspecified atom stereocenters. The molecule has 0 radical (unpaired) electrons. The minimum Gasteiger partial charge on any atom is -0.382 e. The third-order valence-electron chi connectivity index (χ3n) is 1.79. The lowest BCUT2D eigenvalue weighted by Crippen LogP contribution is -2.40. The first-order chi connectivity index (χ1) is 4.93. The maximum atomic E-state index is 9.56. The number of rotatable bonds is 0. The Labute approximate surface area is 65.0 Å². The Balaban J connectivity index is 2.79. The molecule has 0 aliphatic carbocycles. The summed E-state index contributed by atoms with van der Waals surface area (Å²) in [7, 11) is 0. The second kappa shape index (κ2) is 2.20. The summed E-state index contributed by atoms with van der Waals surface area (Å²) in [5.74, 6) is -0.137. The number of hydrazone groups is 1. The van der Waals surface area contributed by atoms with Crippen LogP contribution in [0.2, 0.25) is 0 Å². The Hall–Kier alpha value is -1.10. The Morgan fingerprint density at radius 1 is 1.91 bits per heavy atom. The molecule has 0 amide bonds. The highest BCUT2D eigenvalue weighted by atomic mass is 16.3. The van der Waals surface area contributed by atoms with Crippen molar-refractivity contribution in [2.75, 3.05) is 6.54 Å². The number of aliphatic hydroxyl groups is 1. The van der Waals surface area contributed by atoms with E-state index in [1.807, 2.05) is 0 Å². The van der Waals surface area contributed by atoms with Crippen LogP contribution in [0.4, 0.5) is 0 Å². The quantitative estimate of drug-likeness (QED) is 0.321. The van der Waals surface area contributed by atoms with Crippen LogP contribution in [0.1, 0.15) is 13.8 Å². The zero-order valence-electron chi connectivity index (χ0n) is 6.63. The topological polar surface area (TPSA) is 85.7 Å². The monoisotopic (exact) mass is 156 g/mol. The molecule has 5 nitrogen and oxygen atoms in total.